The number of Topliss-reactive ketones (excluding diaryl/α,β-unsaturated/α-hetero) is 1. The predicted molar refractivity (Wildman–Crippen MR) is 116 cm³/mol. The third-order valence-electron chi connectivity index (χ3n) is 4.92. The van der Waals surface area contributed by atoms with Gasteiger partial charge in [-0.2, -0.15) is 0 Å². The molecule has 7 nitrogen and oxygen atoms in total. The Labute approximate surface area is 181 Å². The molecule has 1 aromatic heterocycles. The second-order valence-corrected chi connectivity index (χ2v) is 7.24. The first kappa shape index (κ1) is 22.2. The van der Waals surface area contributed by atoms with Crippen LogP contribution in [-0.4, -0.2) is 29.0 Å². The van der Waals surface area contributed by atoms with Gasteiger partial charge in [-0.05, 0) is 49.1 Å². The molecule has 0 spiro atoms. The number of unbranched alkanes of at least 4 members (excludes halogenated alkanes) is 3. The lowest BCUT2D eigenvalue weighted by molar-refractivity contribution is -0.138. The number of nitrogens with zero attached hydrogens (tertiary/aromatic N) is 2. The van der Waals surface area contributed by atoms with E-state index in [1.807, 2.05) is 18.2 Å². The summed E-state index contributed by atoms with van der Waals surface area (Å²) < 4.78 is 10.7. The van der Waals surface area contributed by atoms with E-state index in [1.165, 1.54) is 5.56 Å². The van der Waals surface area contributed by atoms with Gasteiger partial charge in [0.25, 0.3) is 5.91 Å². The van der Waals surface area contributed by atoms with E-state index in [4.69, 9.17) is 9.15 Å². The Morgan fingerprint density at radius 2 is 1.68 bits per heavy atom. The minimum absolute atomic E-state index is 0.0187. The molecule has 0 saturated heterocycles. The molecule has 1 N–H and O–H groups in total. The molecule has 3 rings (SSSR count). The zero-order chi connectivity index (χ0) is 21.9. The van der Waals surface area contributed by atoms with E-state index in [-0.39, 0.29) is 18.9 Å². The van der Waals surface area contributed by atoms with Crippen molar-refractivity contribution in [2.75, 3.05) is 7.11 Å². The van der Waals surface area contributed by atoms with Crippen molar-refractivity contribution in [3.63, 3.8) is 0 Å². The summed E-state index contributed by atoms with van der Waals surface area (Å²) in [5.74, 6) is 0.276. The minimum Gasteiger partial charge on any atom is -0.497 e. The maximum atomic E-state index is 12.0. The summed E-state index contributed by atoms with van der Waals surface area (Å²) in [5.41, 5.74) is 2.07. The zero-order valence-electron chi connectivity index (χ0n) is 17.7. The van der Waals surface area contributed by atoms with Gasteiger partial charge >= 0.3 is 0 Å². The fourth-order valence-corrected chi connectivity index (χ4v) is 3.16. The summed E-state index contributed by atoms with van der Waals surface area (Å²) in [5, 5.41) is 10.4. The van der Waals surface area contributed by atoms with Crippen LogP contribution in [0.3, 0.4) is 0 Å². The topological polar surface area (TPSA) is 94.3 Å². The second-order valence-electron chi connectivity index (χ2n) is 7.24. The average molecular weight is 421 g/mol. The molecule has 162 valence electrons. The van der Waals surface area contributed by atoms with Gasteiger partial charge in [-0.1, -0.05) is 43.2 Å². The van der Waals surface area contributed by atoms with E-state index >= 15 is 0 Å². The third-order valence-corrected chi connectivity index (χ3v) is 4.92. The number of methoxy groups -OCH3 is 1. The number of aryl methyl sites for hydroxylation is 1. The Morgan fingerprint density at radius 3 is 2.42 bits per heavy atom. The second kappa shape index (κ2) is 11.6. The van der Waals surface area contributed by atoms with Crippen molar-refractivity contribution in [2.45, 2.75) is 45.1 Å². The zero-order valence-corrected chi connectivity index (χ0v) is 17.7. The van der Waals surface area contributed by atoms with Gasteiger partial charge in [0, 0.05) is 12.0 Å². The molecule has 3 aromatic rings. The van der Waals surface area contributed by atoms with Crippen molar-refractivity contribution < 1.29 is 18.7 Å². The van der Waals surface area contributed by atoms with Crippen LogP contribution in [-0.2, 0) is 22.6 Å². The highest BCUT2D eigenvalue weighted by molar-refractivity contribution is 6.36. The van der Waals surface area contributed by atoms with Crippen molar-refractivity contribution in [2.24, 2.45) is 0 Å². The number of rotatable bonds is 12. The molecular weight excluding hydrogens is 394 g/mol. The SMILES string of the molecule is COc1ccc(-c2nnc(CNC(=O)C(=O)CCCCCCc3ccccc3)o2)cc1. The number of benzene rings is 2. The minimum atomic E-state index is -0.617. The summed E-state index contributed by atoms with van der Waals surface area (Å²) in [7, 11) is 1.59. The van der Waals surface area contributed by atoms with Crippen LogP contribution in [0.15, 0.2) is 59.0 Å². The Balaban J connectivity index is 1.32. The normalized spacial score (nSPS) is 10.6. The predicted octanol–water partition coefficient (Wildman–Crippen LogP) is 4.12. The Hall–Kier alpha value is -3.48. The summed E-state index contributed by atoms with van der Waals surface area (Å²) >= 11 is 0. The van der Waals surface area contributed by atoms with Crippen LogP contribution in [0, 0.1) is 0 Å². The molecule has 1 heterocycles. The fourth-order valence-electron chi connectivity index (χ4n) is 3.16. The van der Waals surface area contributed by atoms with Crippen LogP contribution in [0.2, 0.25) is 0 Å². The van der Waals surface area contributed by atoms with Crippen LogP contribution < -0.4 is 10.1 Å². The molecule has 0 saturated carbocycles. The van der Waals surface area contributed by atoms with Crippen molar-refractivity contribution in [3.05, 3.63) is 66.1 Å². The van der Waals surface area contributed by atoms with Crippen molar-refractivity contribution in [1.82, 2.24) is 15.5 Å². The quantitative estimate of drug-likeness (QED) is 0.349. The number of ketones is 1. The molecule has 7 heteroatoms. The molecule has 31 heavy (non-hydrogen) atoms. The molecule has 0 bridgehead atoms. The maximum Gasteiger partial charge on any atom is 0.287 e. The van der Waals surface area contributed by atoms with Gasteiger partial charge in [0.2, 0.25) is 17.6 Å². The van der Waals surface area contributed by atoms with E-state index < -0.39 is 11.7 Å². The Kier molecular flexibility index (Phi) is 8.34. The Morgan fingerprint density at radius 1 is 0.935 bits per heavy atom. The van der Waals surface area contributed by atoms with E-state index in [1.54, 1.807) is 31.4 Å². The van der Waals surface area contributed by atoms with Crippen molar-refractivity contribution >= 4 is 11.7 Å². The maximum absolute atomic E-state index is 12.0. The molecular formula is C24H27N3O4. The molecule has 0 aliphatic heterocycles. The summed E-state index contributed by atoms with van der Waals surface area (Å²) in [6.07, 6.45) is 5.05. The van der Waals surface area contributed by atoms with Gasteiger partial charge in [0.1, 0.15) is 5.75 Å². The summed E-state index contributed by atoms with van der Waals surface area (Å²) in [4.78, 5) is 24.0. The van der Waals surface area contributed by atoms with E-state index in [9.17, 15) is 9.59 Å². The smallest absolute Gasteiger partial charge is 0.287 e. The van der Waals surface area contributed by atoms with Crippen LogP contribution in [0.25, 0.3) is 11.5 Å². The lowest BCUT2D eigenvalue weighted by Gasteiger charge is -2.03. The third kappa shape index (κ3) is 7.06. The van der Waals surface area contributed by atoms with Crippen LogP contribution in [0.5, 0.6) is 5.75 Å². The summed E-state index contributed by atoms with van der Waals surface area (Å²) in [6, 6.07) is 17.5. The van der Waals surface area contributed by atoms with Crippen LogP contribution >= 0.6 is 0 Å². The number of nitrogens with one attached hydrogen (secondary N) is 1. The molecule has 0 aliphatic rings. The molecule has 0 radical (unpaired) electrons. The largest absolute Gasteiger partial charge is 0.497 e. The first-order valence-electron chi connectivity index (χ1n) is 10.5. The number of amides is 1. The number of carbonyl (C=O) groups excluding carboxylic acids is 2. The van der Waals surface area contributed by atoms with Crippen LogP contribution in [0.4, 0.5) is 0 Å². The molecule has 0 atom stereocenters. The number of aromatic nitrogens is 2. The van der Waals surface area contributed by atoms with Gasteiger partial charge in [0.15, 0.2) is 0 Å². The van der Waals surface area contributed by atoms with Gasteiger partial charge in [-0.3, -0.25) is 9.59 Å². The standard InChI is InChI=1S/C24H27N3O4/c1-30-20-15-13-19(14-16-20)24-27-26-22(31-24)17-25-23(29)21(28)12-8-3-2-5-9-18-10-6-4-7-11-18/h4,6-7,10-11,13-16H,2-3,5,8-9,12,17H2,1H3,(H,25,29). The van der Waals surface area contributed by atoms with E-state index in [0.29, 0.717) is 12.3 Å². The first-order chi connectivity index (χ1) is 15.2. The molecule has 1 amide bonds. The Bertz CT molecular complexity index is 968. The average Bonchev–Trinajstić information content (AvgIpc) is 3.29. The lowest BCUT2D eigenvalue weighted by Crippen LogP contribution is -2.30. The lowest BCUT2D eigenvalue weighted by atomic mass is 10.0. The molecule has 2 aromatic carbocycles. The van der Waals surface area contributed by atoms with Gasteiger partial charge in [-0.25, -0.2) is 0 Å². The highest BCUT2D eigenvalue weighted by Gasteiger charge is 2.15. The van der Waals surface area contributed by atoms with Crippen molar-refractivity contribution in [3.8, 4) is 17.2 Å². The highest BCUT2D eigenvalue weighted by Crippen LogP contribution is 2.21. The molecule has 0 fully saturated rings. The first-order valence-corrected chi connectivity index (χ1v) is 10.5. The highest BCUT2D eigenvalue weighted by atomic mass is 16.5. The van der Waals surface area contributed by atoms with E-state index in [2.05, 4.69) is 27.6 Å². The van der Waals surface area contributed by atoms with Gasteiger partial charge in [0.05, 0.1) is 13.7 Å². The number of ether oxygens (including phenoxy) is 1. The summed E-state index contributed by atoms with van der Waals surface area (Å²) in [6.45, 7) is 0.0187. The van der Waals surface area contributed by atoms with Crippen molar-refractivity contribution in [1.29, 1.82) is 0 Å². The number of hydrogen-bond acceptors (Lipinski definition) is 6. The molecule has 0 unspecified atom stereocenters. The fraction of sp³-hybridized carbons (Fsp3) is 0.333. The van der Waals surface area contributed by atoms with Crippen LogP contribution in [0.1, 0.15) is 43.6 Å². The number of carbonyl (C=O) groups is 2. The molecule has 0 aliphatic carbocycles. The number of hydrogen-bond donors (Lipinski definition) is 1. The van der Waals surface area contributed by atoms with Gasteiger partial charge in [-0.15, -0.1) is 10.2 Å². The van der Waals surface area contributed by atoms with E-state index in [0.717, 1.165) is 37.0 Å². The monoisotopic (exact) mass is 421 g/mol. The van der Waals surface area contributed by atoms with Gasteiger partial charge < -0.3 is 14.5 Å².